The topological polar surface area (TPSA) is 46.2 Å². The highest BCUT2D eigenvalue weighted by atomic mass is 19.1. The van der Waals surface area contributed by atoms with Crippen molar-refractivity contribution in [1.29, 1.82) is 0 Å². The Morgan fingerprint density at radius 3 is 2.48 bits per heavy atom. The van der Waals surface area contributed by atoms with Crippen molar-refractivity contribution in [3.05, 3.63) is 65.0 Å². The van der Waals surface area contributed by atoms with E-state index < -0.39 is 0 Å². The number of carbonyl (C=O) groups is 2. The summed E-state index contributed by atoms with van der Waals surface area (Å²) in [5.74, 6) is -0.719. The number of aryl methyl sites for hydroxylation is 2. The zero-order valence-corrected chi connectivity index (χ0v) is 12.8. The van der Waals surface area contributed by atoms with E-state index in [0.29, 0.717) is 5.56 Å². The Balaban J connectivity index is 1.53. The lowest BCUT2D eigenvalue weighted by molar-refractivity contribution is -0.116. The van der Waals surface area contributed by atoms with Crippen LogP contribution in [0.2, 0.25) is 0 Å². The highest BCUT2D eigenvalue weighted by Crippen LogP contribution is 2.25. The average molecular weight is 311 g/mol. The third-order valence-corrected chi connectivity index (χ3v) is 4.13. The molecule has 0 radical (unpaired) electrons. The molecule has 0 heterocycles. The van der Waals surface area contributed by atoms with Crippen LogP contribution in [0.15, 0.2) is 42.5 Å². The molecule has 0 aliphatic heterocycles. The standard InChI is InChI=1S/C19H18FNO2/c20-16-7-4-14(5-8-16)18(22)10-11-19(23)21-17-9-6-13-2-1-3-15(13)12-17/h4-9,12H,1-3,10-11H2,(H,21,23). The van der Waals surface area contributed by atoms with Crippen molar-refractivity contribution in [3.63, 3.8) is 0 Å². The summed E-state index contributed by atoms with van der Waals surface area (Å²) in [6.07, 6.45) is 3.56. The number of benzene rings is 2. The van der Waals surface area contributed by atoms with Crippen LogP contribution in [0, 0.1) is 5.82 Å². The van der Waals surface area contributed by atoms with Gasteiger partial charge in [-0.2, -0.15) is 0 Å². The molecule has 1 N–H and O–H groups in total. The van der Waals surface area contributed by atoms with Crippen LogP contribution in [0.3, 0.4) is 0 Å². The van der Waals surface area contributed by atoms with Crippen molar-refractivity contribution in [3.8, 4) is 0 Å². The van der Waals surface area contributed by atoms with Crippen LogP contribution in [0.1, 0.15) is 40.7 Å². The van der Waals surface area contributed by atoms with E-state index in [1.165, 1.54) is 41.8 Å². The zero-order valence-electron chi connectivity index (χ0n) is 12.8. The smallest absolute Gasteiger partial charge is 0.224 e. The van der Waals surface area contributed by atoms with Gasteiger partial charge in [-0.3, -0.25) is 9.59 Å². The molecule has 118 valence electrons. The van der Waals surface area contributed by atoms with E-state index in [0.717, 1.165) is 18.5 Å². The van der Waals surface area contributed by atoms with Gasteiger partial charge < -0.3 is 5.32 Å². The minimum absolute atomic E-state index is 0.113. The third kappa shape index (κ3) is 3.83. The molecule has 1 aliphatic carbocycles. The predicted molar refractivity (Wildman–Crippen MR) is 87.1 cm³/mol. The predicted octanol–water partition coefficient (Wildman–Crippen LogP) is 3.92. The fourth-order valence-electron chi connectivity index (χ4n) is 2.88. The van der Waals surface area contributed by atoms with Crippen molar-refractivity contribution >= 4 is 17.4 Å². The molecule has 1 amide bonds. The van der Waals surface area contributed by atoms with Gasteiger partial charge >= 0.3 is 0 Å². The quantitative estimate of drug-likeness (QED) is 0.851. The van der Waals surface area contributed by atoms with Gasteiger partial charge in [0.25, 0.3) is 0 Å². The molecule has 1 aliphatic rings. The number of fused-ring (bicyclic) bond motifs is 1. The molecule has 3 nitrogen and oxygen atoms in total. The van der Waals surface area contributed by atoms with E-state index in [-0.39, 0.29) is 30.3 Å². The number of Topliss-reactive ketones (excluding diaryl/α,β-unsaturated/α-hetero) is 1. The lowest BCUT2D eigenvalue weighted by Crippen LogP contribution is -2.13. The molecule has 0 aromatic heterocycles. The molecule has 23 heavy (non-hydrogen) atoms. The summed E-state index contributed by atoms with van der Waals surface area (Å²) in [5.41, 5.74) is 3.86. The fraction of sp³-hybridized carbons (Fsp3) is 0.263. The number of amides is 1. The summed E-state index contributed by atoms with van der Waals surface area (Å²) >= 11 is 0. The Bertz CT molecular complexity index is 738. The first-order valence-corrected chi connectivity index (χ1v) is 7.82. The summed E-state index contributed by atoms with van der Waals surface area (Å²) in [7, 11) is 0. The maximum atomic E-state index is 12.8. The highest BCUT2D eigenvalue weighted by molar-refractivity contribution is 6.00. The molecule has 2 aromatic rings. The molecular weight excluding hydrogens is 293 g/mol. The van der Waals surface area contributed by atoms with E-state index in [9.17, 15) is 14.0 Å². The summed E-state index contributed by atoms with van der Waals surface area (Å²) in [6, 6.07) is 11.4. The molecule has 0 saturated heterocycles. The van der Waals surface area contributed by atoms with Gasteiger partial charge in [-0.05, 0) is 66.8 Å². The summed E-state index contributed by atoms with van der Waals surface area (Å²) in [5, 5.41) is 2.84. The molecule has 2 aromatic carbocycles. The van der Waals surface area contributed by atoms with Crippen LogP contribution in [-0.4, -0.2) is 11.7 Å². The van der Waals surface area contributed by atoms with E-state index in [4.69, 9.17) is 0 Å². The Labute approximate surface area is 134 Å². The lowest BCUT2D eigenvalue weighted by Gasteiger charge is -2.07. The minimum atomic E-state index is -0.379. The third-order valence-electron chi connectivity index (χ3n) is 4.13. The maximum Gasteiger partial charge on any atom is 0.224 e. The lowest BCUT2D eigenvalue weighted by atomic mass is 10.1. The number of hydrogen-bond acceptors (Lipinski definition) is 2. The van der Waals surface area contributed by atoms with Crippen LogP contribution in [-0.2, 0) is 17.6 Å². The molecule has 4 heteroatoms. The molecule has 0 bridgehead atoms. The van der Waals surface area contributed by atoms with Crippen LogP contribution in [0.4, 0.5) is 10.1 Å². The zero-order chi connectivity index (χ0) is 16.2. The Morgan fingerprint density at radius 1 is 0.957 bits per heavy atom. The Kier molecular flexibility index (Phi) is 4.51. The molecular formula is C19H18FNO2. The van der Waals surface area contributed by atoms with Crippen molar-refractivity contribution < 1.29 is 14.0 Å². The van der Waals surface area contributed by atoms with E-state index in [1.807, 2.05) is 12.1 Å². The molecule has 0 atom stereocenters. The highest BCUT2D eigenvalue weighted by Gasteiger charge is 2.13. The van der Waals surface area contributed by atoms with E-state index in [2.05, 4.69) is 11.4 Å². The molecule has 0 spiro atoms. The van der Waals surface area contributed by atoms with Gasteiger partial charge in [0.15, 0.2) is 5.78 Å². The van der Waals surface area contributed by atoms with Gasteiger partial charge in [0.05, 0.1) is 0 Å². The second kappa shape index (κ2) is 6.73. The maximum absolute atomic E-state index is 12.8. The van der Waals surface area contributed by atoms with Gasteiger partial charge in [-0.15, -0.1) is 0 Å². The van der Waals surface area contributed by atoms with Crippen molar-refractivity contribution in [2.45, 2.75) is 32.1 Å². The fourth-order valence-corrected chi connectivity index (χ4v) is 2.88. The summed E-state index contributed by atoms with van der Waals surface area (Å²) in [4.78, 5) is 23.9. The molecule has 0 fully saturated rings. The number of rotatable bonds is 5. The number of carbonyl (C=O) groups excluding carboxylic acids is 2. The van der Waals surface area contributed by atoms with E-state index >= 15 is 0 Å². The molecule has 0 unspecified atom stereocenters. The average Bonchev–Trinajstić information content (AvgIpc) is 3.01. The van der Waals surface area contributed by atoms with Crippen molar-refractivity contribution in [2.24, 2.45) is 0 Å². The first kappa shape index (κ1) is 15.4. The van der Waals surface area contributed by atoms with Crippen molar-refractivity contribution in [1.82, 2.24) is 0 Å². The van der Waals surface area contributed by atoms with Crippen LogP contribution in [0.5, 0.6) is 0 Å². The normalized spacial score (nSPS) is 12.7. The molecule has 3 rings (SSSR count). The number of anilines is 1. The molecule has 0 saturated carbocycles. The first-order valence-electron chi connectivity index (χ1n) is 7.82. The second-order valence-electron chi connectivity index (χ2n) is 5.82. The van der Waals surface area contributed by atoms with E-state index in [1.54, 1.807) is 0 Å². The number of hydrogen-bond donors (Lipinski definition) is 1. The van der Waals surface area contributed by atoms with Gasteiger partial charge in [0.1, 0.15) is 5.82 Å². The van der Waals surface area contributed by atoms with Gasteiger partial charge in [0, 0.05) is 24.1 Å². The number of halogens is 1. The minimum Gasteiger partial charge on any atom is -0.326 e. The Hall–Kier alpha value is -2.49. The van der Waals surface area contributed by atoms with Gasteiger partial charge in [0.2, 0.25) is 5.91 Å². The number of ketones is 1. The second-order valence-corrected chi connectivity index (χ2v) is 5.82. The monoisotopic (exact) mass is 311 g/mol. The van der Waals surface area contributed by atoms with Crippen LogP contribution >= 0.6 is 0 Å². The first-order chi connectivity index (χ1) is 11.1. The van der Waals surface area contributed by atoms with Crippen LogP contribution < -0.4 is 5.32 Å². The largest absolute Gasteiger partial charge is 0.326 e. The SMILES string of the molecule is O=C(CCC(=O)c1ccc(F)cc1)Nc1ccc2c(c1)CCC2. The van der Waals surface area contributed by atoms with Gasteiger partial charge in [-0.1, -0.05) is 6.07 Å². The van der Waals surface area contributed by atoms with Crippen LogP contribution in [0.25, 0.3) is 0 Å². The Morgan fingerprint density at radius 2 is 1.70 bits per heavy atom. The summed E-state index contributed by atoms with van der Waals surface area (Å²) in [6.45, 7) is 0. The van der Waals surface area contributed by atoms with Crippen molar-refractivity contribution in [2.75, 3.05) is 5.32 Å². The number of nitrogens with one attached hydrogen (secondary N) is 1. The summed E-state index contributed by atoms with van der Waals surface area (Å²) < 4.78 is 12.8. The van der Waals surface area contributed by atoms with Gasteiger partial charge in [-0.25, -0.2) is 4.39 Å².